The van der Waals surface area contributed by atoms with Crippen LogP contribution in [0.25, 0.3) is 0 Å². The van der Waals surface area contributed by atoms with E-state index in [-0.39, 0.29) is 6.54 Å². The Hall–Kier alpha value is -1.36. The van der Waals surface area contributed by atoms with Crippen LogP contribution in [-0.4, -0.2) is 38.6 Å². The van der Waals surface area contributed by atoms with Crippen LogP contribution in [0.5, 0.6) is 0 Å². The van der Waals surface area contributed by atoms with Gasteiger partial charge in [0.25, 0.3) is 0 Å². The van der Waals surface area contributed by atoms with Crippen LogP contribution in [0.4, 0.5) is 0 Å². The molecular weight excluding hydrogens is 172 g/mol. The fourth-order valence-electron chi connectivity index (χ4n) is 0.592. The monoisotopic (exact) mass is 186 g/mol. The number of carbonyl (C=O) groups excluding carboxylic acids is 2. The normalized spacial score (nSPS) is 9.00. The summed E-state index contributed by atoms with van der Waals surface area (Å²) in [6.07, 6.45) is 1.50. The number of carbonyl (C=O) groups is 2. The molecule has 0 aromatic carbocycles. The summed E-state index contributed by atoms with van der Waals surface area (Å²) < 4.78 is 4.69. The van der Waals surface area contributed by atoms with E-state index in [1.165, 1.54) is 13.2 Å². The molecule has 0 aromatic rings. The lowest BCUT2D eigenvalue weighted by atomic mass is 10.5. The summed E-state index contributed by atoms with van der Waals surface area (Å²) in [5, 5.41) is 4.73. The van der Waals surface area contributed by atoms with E-state index in [1.807, 2.05) is 0 Å². The van der Waals surface area contributed by atoms with Crippen LogP contribution in [0.15, 0.2) is 12.7 Å². The van der Waals surface area contributed by atoms with Gasteiger partial charge < -0.3 is 15.4 Å². The highest BCUT2D eigenvalue weighted by molar-refractivity contribution is 6.35. The van der Waals surface area contributed by atoms with Gasteiger partial charge in [0, 0.05) is 20.2 Å². The van der Waals surface area contributed by atoms with Gasteiger partial charge >= 0.3 is 11.8 Å². The van der Waals surface area contributed by atoms with Gasteiger partial charge in [0.15, 0.2) is 0 Å². The highest BCUT2D eigenvalue weighted by atomic mass is 16.5. The zero-order valence-electron chi connectivity index (χ0n) is 7.63. The lowest BCUT2D eigenvalue weighted by Crippen LogP contribution is -2.41. The number of hydrogen-bond donors (Lipinski definition) is 2. The molecule has 0 unspecified atom stereocenters. The maximum Gasteiger partial charge on any atom is 0.309 e. The maximum absolute atomic E-state index is 10.9. The fourth-order valence-corrected chi connectivity index (χ4v) is 0.592. The molecule has 0 rings (SSSR count). The minimum absolute atomic E-state index is 0.288. The summed E-state index contributed by atoms with van der Waals surface area (Å²) in [4.78, 5) is 21.8. The van der Waals surface area contributed by atoms with E-state index in [9.17, 15) is 9.59 Å². The molecule has 5 nitrogen and oxygen atoms in total. The molecule has 0 bridgehead atoms. The first-order chi connectivity index (χ1) is 6.22. The number of amides is 2. The van der Waals surface area contributed by atoms with Crippen LogP contribution in [0.3, 0.4) is 0 Å². The highest BCUT2D eigenvalue weighted by Crippen LogP contribution is 1.70. The van der Waals surface area contributed by atoms with Crippen molar-refractivity contribution >= 4 is 11.8 Å². The van der Waals surface area contributed by atoms with Gasteiger partial charge in [0.1, 0.15) is 0 Å². The van der Waals surface area contributed by atoms with Crippen molar-refractivity contribution in [3.8, 4) is 0 Å². The van der Waals surface area contributed by atoms with Crippen LogP contribution >= 0.6 is 0 Å². The standard InChI is InChI=1S/C8H14N2O3/c1-3-4-9-7(11)8(12)10-5-6-13-2/h3H,1,4-6H2,2H3,(H,9,11)(H,10,12). The first-order valence-corrected chi connectivity index (χ1v) is 3.88. The summed E-state index contributed by atoms with van der Waals surface area (Å²) >= 11 is 0. The van der Waals surface area contributed by atoms with E-state index in [0.29, 0.717) is 13.2 Å². The van der Waals surface area contributed by atoms with Gasteiger partial charge in [-0.25, -0.2) is 0 Å². The Balaban J connectivity index is 3.57. The Morgan fingerprint density at radius 3 is 2.54 bits per heavy atom. The zero-order valence-corrected chi connectivity index (χ0v) is 7.63. The Bertz CT molecular complexity index is 192. The van der Waals surface area contributed by atoms with Crippen LogP contribution in [0, 0.1) is 0 Å². The van der Waals surface area contributed by atoms with Crippen LogP contribution in [0.2, 0.25) is 0 Å². The molecule has 13 heavy (non-hydrogen) atoms. The smallest absolute Gasteiger partial charge is 0.309 e. The van der Waals surface area contributed by atoms with Crippen molar-refractivity contribution in [3.05, 3.63) is 12.7 Å². The molecule has 74 valence electrons. The molecule has 0 aliphatic heterocycles. The third-order valence-corrected chi connectivity index (χ3v) is 1.20. The van der Waals surface area contributed by atoms with E-state index in [2.05, 4.69) is 17.2 Å². The Morgan fingerprint density at radius 1 is 1.38 bits per heavy atom. The third kappa shape index (κ3) is 5.86. The van der Waals surface area contributed by atoms with Gasteiger partial charge in [-0.05, 0) is 0 Å². The summed E-state index contributed by atoms with van der Waals surface area (Å²) in [7, 11) is 1.52. The van der Waals surface area contributed by atoms with Crippen molar-refractivity contribution in [3.63, 3.8) is 0 Å². The second-order valence-corrected chi connectivity index (χ2v) is 2.25. The van der Waals surface area contributed by atoms with Crippen molar-refractivity contribution in [2.75, 3.05) is 26.8 Å². The summed E-state index contributed by atoms with van der Waals surface area (Å²) in [6, 6.07) is 0. The first-order valence-electron chi connectivity index (χ1n) is 3.88. The molecule has 0 aliphatic carbocycles. The SMILES string of the molecule is C=CCNC(=O)C(=O)NCCOC. The third-order valence-electron chi connectivity index (χ3n) is 1.20. The van der Waals surface area contributed by atoms with Crippen molar-refractivity contribution in [1.82, 2.24) is 10.6 Å². The predicted molar refractivity (Wildman–Crippen MR) is 48.1 cm³/mol. The van der Waals surface area contributed by atoms with Gasteiger partial charge in [-0.2, -0.15) is 0 Å². The Labute approximate surface area is 77.1 Å². The van der Waals surface area contributed by atoms with E-state index < -0.39 is 11.8 Å². The molecule has 5 heteroatoms. The van der Waals surface area contributed by atoms with E-state index in [4.69, 9.17) is 4.74 Å². The predicted octanol–water partition coefficient (Wildman–Crippen LogP) is -0.949. The molecule has 0 fully saturated rings. The molecular formula is C8H14N2O3. The zero-order chi connectivity index (χ0) is 10.1. The van der Waals surface area contributed by atoms with Crippen LogP contribution < -0.4 is 10.6 Å². The molecule has 0 heterocycles. The fraction of sp³-hybridized carbons (Fsp3) is 0.500. The second-order valence-electron chi connectivity index (χ2n) is 2.25. The number of rotatable bonds is 5. The number of methoxy groups -OCH3 is 1. The van der Waals surface area contributed by atoms with E-state index in [1.54, 1.807) is 0 Å². The minimum Gasteiger partial charge on any atom is -0.383 e. The molecule has 0 saturated heterocycles. The van der Waals surface area contributed by atoms with Crippen LogP contribution in [0.1, 0.15) is 0 Å². The molecule has 0 aliphatic rings. The van der Waals surface area contributed by atoms with Gasteiger partial charge in [-0.1, -0.05) is 6.08 Å². The Kier molecular flexibility index (Phi) is 6.53. The lowest BCUT2D eigenvalue weighted by molar-refractivity contribution is -0.139. The van der Waals surface area contributed by atoms with Crippen LogP contribution in [-0.2, 0) is 14.3 Å². The quantitative estimate of drug-likeness (QED) is 0.330. The maximum atomic E-state index is 10.9. The molecule has 2 amide bonds. The first kappa shape index (κ1) is 11.6. The molecule has 0 spiro atoms. The summed E-state index contributed by atoms with van der Waals surface area (Å²) in [5.41, 5.74) is 0. The van der Waals surface area contributed by atoms with Gasteiger partial charge in [0.05, 0.1) is 6.61 Å². The van der Waals surface area contributed by atoms with Crippen molar-refractivity contribution in [2.24, 2.45) is 0 Å². The molecule has 2 N–H and O–H groups in total. The van der Waals surface area contributed by atoms with Gasteiger partial charge in [0.2, 0.25) is 0 Å². The average Bonchev–Trinajstić information content (AvgIpc) is 2.14. The van der Waals surface area contributed by atoms with Crippen molar-refractivity contribution < 1.29 is 14.3 Å². The average molecular weight is 186 g/mol. The van der Waals surface area contributed by atoms with E-state index >= 15 is 0 Å². The second kappa shape index (κ2) is 7.30. The summed E-state index contributed by atoms with van der Waals surface area (Å²) in [5.74, 6) is -1.31. The largest absolute Gasteiger partial charge is 0.383 e. The van der Waals surface area contributed by atoms with E-state index in [0.717, 1.165) is 0 Å². The number of hydrogen-bond acceptors (Lipinski definition) is 3. The van der Waals surface area contributed by atoms with Crippen molar-refractivity contribution in [1.29, 1.82) is 0 Å². The number of ether oxygens (including phenoxy) is 1. The molecule has 0 radical (unpaired) electrons. The number of nitrogens with one attached hydrogen (secondary N) is 2. The lowest BCUT2D eigenvalue weighted by Gasteiger charge is -2.03. The van der Waals surface area contributed by atoms with Crippen molar-refractivity contribution in [2.45, 2.75) is 0 Å². The molecule has 0 atom stereocenters. The van der Waals surface area contributed by atoms with Gasteiger partial charge in [-0.15, -0.1) is 6.58 Å². The minimum atomic E-state index is -0.656. The molecule has 0 aromatic heterocycles. The molecule has 0 saturated carbocycles. The Morgan fingerprint density at radius 2 is 2.00 bits per heavy atom. The summed E-state index contributed by atoms with van der Waals surface area (Å²) in [6.45, 7) is 4.41. The highest BCUT2D eigenvalue weighted by Gasteiger charge is 2.10. The van der Waals surface area contributed by atoms with Gasteiger partial charge in [-0.3, -0.25) is 9.59 Å². The topological polar surface area (TPSA) is 67.4 Å².